The molecule has 0 fully saturated rings. The van der Waals surface area contributed by atoms with Crippen LogP contribution in [-0.2, 0) is 10.0 Å². The number of rotatable bonds is 5. The van der Waals surface area contributed by atoms with Gasteiger partial charge >= 0.3 is 0 Å². The first-order chi connectivity index (χ1) is 9.92. The highest BCUT2D eigenvalue weighted by atomic mass is 79.9. The molecule has 2 aromatic rings. The number of sulfonamides is 1. The van der Waals surface area contributed by atoms with Crippen LogP contribution in [0.2, 0.25) is 0 Å². The summed E-state index contributed by atoms with van der Waals surface area (Å²) in [6, 6.07) is 10.3. The minimum absolute atomic E-state index is 0.0696. The van der Waals surface area contributed by atoms with Gasteiger partial charge in [-0.1, -0.05) is 0 Å². The summed E-state index contributed by atoms with van der Waals surface area (Å²) in [6.07, 6.45) is 0. The second kappa shape index (κ2) is 6.36. The molecule has 0 amide bonds. The maximum Gasteiger partial charge on any atom is 0.262 e. The minimum Gasteiger partial charge on any atom is -0.508 e. The quantitative estimate of drug-likeness (QED) is 0.790. The van der Waals surface area contributed by atoms with E-state index < -0.39 is 10.0 Å². The SMILES string of the molecule is CCOc1cc(S(=O)(=O)Nc2ccc(O)cc2)ccc1Br. The predicted octanol–water partition coefficient (Wildman–Crippen LogP) is 3.35. The molecule has 0 aliphatic rings. The fourth-order valence-corrected chi connectivity index (χ4v) is 3.10. The molecule has 5 nitrogen and oxygen atoms in total. The van der Waals surface area contributed by atoms with Crippen molar-refractivity contribution < 1.29 is 18.3 Å². The van der Waals surface area contributed by atoms with E-state index in [1.807, 2.05) is 6.92 Å². The molecule has 0 unspecified atom stereocenters. The van der Waals surface area contributed by atoms with Crippen molar-refractivity contribution in [3.63, 3.8) is 0 Å². The van der Waals surface area contributed by atoms with Gasteiger partial charge in [0.1, 0.15) is 11.5 Å². The monoisotopic (exact) mass is 371 g/mol. The lowest BCUT2D eigenvalue weighted by atomic mass is 10.3. The Labute approximate surface area is 131 Å². The number of hydrogen-bond donors (Lipinski definition) is 2. The minimum atomic E-state index is -3.72. The van der Waals surface area contributed by atoms with Crippen molar-refractivity contribution in [3.8, 4) is 11.5 Å². The number of ether oxygens (including phenoxy) is 1. The maximum atomic E-state index is 12.3. The highest BCUT2D eigenvalue weighted by Crippen LogP contribution is 2.29. The van der Waals surface area contributed by atoms with Crippen molar-refractivity contribution in [2.75, 3.05) is 11.3 Å². The number of halogens is 1. The van der Waals surface area contributed by atoms with Crippen LogP contribution in [-0.4, -0.2) is 20.1 Å². The van der Waals surface area contributed by atoms with Gasteiger partial charge in [0.25, 0.3) is 10.0 Å². The summed E-state index contributed by atoms with van der Waals surface area (Å²) in [7, 11) is -3.72. The molecule has 2 aromatic carbocycles. The van der Waals surface area contributed by atoms with E-state index in [0.717, 1.165) is 0 Å². The van der Waals surface area contributed by atoms with Crippen LogP contribution in [0, 0.1) is 0 Å². The molecule has 0 saturated heterocycles. The molecule has 7 heteroatoms. The Bertz CT molecular complexity index is 729. The van der Waals surface area contributed by atoms with E-state index in [0.29, 0.717) is 22.5 Å². The molecule has 2 N–H and O–H groups in total. The Kier molecular flexibility index (Phi) is 4.74. The van der Waals surface area contributed by atoms with Crippen molar-refractivity contribution in [1.29, 1.82) is 0 Å². The molecule has 0 aliphatic heterocycles. The Morgan fingerprint density at radius 3 is 2.48 bits per heavy atom. The lowest BCUT2D eigenvalue weighted by Crippen LogP contribution is -2.13. The van der Waals surface area contributed by atoms with Crippen LogP contribution in [0.3, 0.4) is 0 Å². The van der Waals surface area contributed by atoms with Gasteiger partial charge in [-0.05, 0) is 59.3 Å². The zero-order valence-electron chi connectivity index (χ0n) is 11.2. The van der Waals surface area contributed by atoms with Gasteiger partial charge in [0.15, 0.2) is 0 Å². The third-order valence-corrected chi connectivity index (χ3v) is 4.67. The number of hydrogen-bond acceptors (Lipinski definition) is 4. The lowest BCUT2D eigenvalue weighted by Gasteiger charge is -2.11. The van der Waals surface area contributed by atoms with Crippen LogP contribution in [0.15, 0.2) is 51.8 Å². The van der Waals surface area contributed by atoms with Crippen molar-refractivity contribution in [2.24, 2.45) is 0 Å². The van der Waals surface area contributed by atoms with E-state index in [9.17, 15) is 13.5 Å². The van der Waals surface area contributed by atoms with Gasteiger partial charge in [0, 0.05) is 11.8 Å². The number of phenols is 1. The lowest BCUT2D eigenvalue weighted by molar-refractivity contribution is 0.337. The largest absolute Gasteiger partial charge is 0.508 e. The van der Waals surface area contributed by atoms with E-state index in [-0.39, 0.29) is 10.6 Å². The van der Waals surface area contributed by atoms with Crippen LogP contribution < -0.4 is 9.46 Å². The van der Waals surface area contributed by atoms with E-state index in [2.05, 4.69) is 20.7 Å². The van der Waals surface area contributed by atoms with E-state index in [1.165, 1.54) is 36.4 Å². The predicted molar refractivity (Wildman–Crippen MR) is 84.2 cm³/mol. The highest BCUT2D eigenvalue weighted by molar-refractivity contribution is 9.10. The van der Waals surface area contributed by atoms with Gasteiger partial charge in [-0.3, -0.25) is 4.72 Å². The van der Waals surface area contributed by atoms with Crippen LogP contribution >= 0.6 is 15.9 Å². The molecular formula is C14H14BrNO4S. The van der Waals surface area contributed by atoms with E-state index in [4.69, 9.17) is 4.74 Å². The number of aromatic hydroxyl groups is 1. The van der Waals surface area contributed by atoms with E-state index >= 15 is 0 Å². The summed E-state index contributed by atoms with van der Waals surface area (Å²) in [5.41, 5.74) is 0.369. The van der Waals surface area contributed by atoms with E-state index in [1.54, 1.807) is 6.07 Å². The normalized spacial score (nSPS) is 11.1. The van der Waals surface area contributed by atoms with Gasteiger partial charge < -0.3 is 9.84 Å². The summed E-state index contributed by atoms with van der Waals surface area (Å²) in [4.78, 5) is 0.0993. The van der Waals surface area contributed by atoms with Gasteiger partial charge in [0.05, 0.1) is 16.0 Å². The molecule has 112 valence electrons. The molecule has 21 heavy (non-hydrogen) atoms. The molecular weight excluding hydrogens is 358 g/mol. The highest BCUT2D eigenvalue weighted by Gasteiger charge is 2.16. The molecule has 0 saturated carbocycles. The van der Waals surface area contributed by atoms with Crippen LogP contribution in [0.5, 0.6) is 11.5 Å². The molecule has 0 heterocycles. The van der Waals surface area contributed by atoms with Crippen molar-refractivity contribution in [3.05, 3.63) is 46.9 Å². The number of anilines is 1. The van der Waals surface area contributed by atoms with Gasteiger partial charge in [-0.15, -0.1) is 0 Å². The zero-order valence-corrected chi connectivity index (χ0v) is 13.6. The maximum absolute atomic E-state index is 12.3. The number of nitrogens with one attached hydrogen (secondary N) is 1. The average Bonchev–Trinajstić information content (AvgIpc) is 2.43. The topological polar surface area (TPSA) is 75.6 Å². The third-order valence-electron chi connectivity index (χ3n) is 2.63. The van der Waals surface area contributed by atoms with Crippen LogP contribution in [0.1, 0.15) is 6.92 Å². The molecule has 0 aromatic heterocycles. The third kappa shape index (κ3) is 3.89. The molecule has 0 radical (unpaired) electrons. The Balaban J connectivity index is 2.31. The second-order valence-electron chi connectivity index (χ2n) is 4.18. The molecule has 0 atom stereocenters. The van der Waals surface area contributed by atoms with Crippen LogP contribution in [0.4, 0.5) is 5.69 Å². The summed E-state index contributed by atoms with van der Waals surface area (Å²) >= 11 is 3.30. The summed E-state index contributed by atoms with van der Waals surface area (Å²) in [5, 5.41) is 9.20. The molecule has 0 bridgehead atoms. The molecule has 2 rings (SSSR count). The summed E-state index contributed by atoms with van der Waals surface area (Å²) in [6.45, 7) is 2.26. The summed E-state index contributed by atoms with van der Waals surface area (Å²) in [5.74, 6) is 0.534. The Morgan fingerprint density at radius 1 is 1.19 bits per heavy atom. The second-order valence-corrected chi connectivity index (χ2v) is 6.71. The fraction of sp³-hybridized carbons (Fsp3) is 0.143. The standard InChI is InChI=1S/C14H14BrNO4S/c1-2-20-14-9-12(7-8-13(14)15)21(18,19)16-10-3-5-11(17)6-4-10/h3-9,16-17H,2H2,1H3. The Hall–Kier alpha value is -1.73. The smallest absolute Gasteiger partial charge is 0.262 e. The molecule has 0 aliphatic carbocycles. The summed E-state index contributed by atoms with van der Waals surface area (Å²) < 4.78 is 33.1. The van der Waals surface area contributed by atoms with Gasteiger partial charge in [0.2, 0.25) is 0 Å². The fourth-order valence-electron chi connectivity index (χ4n) is 1.66. The zero-order chi connectivity index (χ0) is 15.5. The van der Waals surface area contributed by atoms with Crippen molar-refractivity contribution in [1.82, 2.24) is 0 Å². The first-order valence-corrected chi connectivity index (χ1v) is 8.44. The van der Waals surface area contributed by atoms with Crippen LogP contribution in [0.25, 0.3) is 0 Å². The van der Waals surface area contributed by atoms with Gasteiger partial charge in [-0.25, -0.2) is 8.42 Å². The van der Waals surface area contributed by atoms with Crippen molar-refractivity contribution >= 4 is 31.6 Å². The average molecular weight is 372 g/mol. The van der Waals surface area contributed by atoms with Gasteiger partial charge in [-0.2, -0.15) is 0 Å². The first kappa shape index (κ1) is 15.7. The van der Waals surface area contributed by atoms with Crippen molar-refractivity contribution in [2.45, 2.75) is 11.8 Å². The molecule has 0 spiro atoms. The number of phenolic OH excluding ortho intramolecular Hbond substituents is 1. The number of benzene rings is 2. The first-order valence-electron chi connectivity index (χ1n) is 6.16. The Morgan fingerprint density at radius 2 is 1.86 bits per heavy atom.